The van der Waals surface area contributed by atoms with Gasteiger partial charge in [-0.15, -0.1) is 13.2 Å². The molecule has 100 valence electrons. The van der Waals surface area contributed by atoms with Crippen molar-refractivity contribution in [3.63, 3.8) is 0 Å². The second kappa shape index (κ2) is 5.17. The van der Waals surface area contributed by atoms with Gasteiger partial charge in [0.2, 0.25) is 5.95 Å². The van der Waals surface area contributed by atoms with Crippen LogP contribution in [-0.2, 0) is 11.3 Å². The number of aromatic nitrogens is 1. The van der Waals surface area contributed by atoms with Crippen LogP contribution in [0.15, 0.2) is 6.07 Å². The highest BCUT2D eigenvalue weighted by molar-refractivity contribution is 5.89. The van der Waals surface area contributed by atoms with E-state index in [0.717, 1.165) is 7.11 Å². The fourth-order valence-electron chi connectivity index (χ4n) is 1.20. The fraction of sp³-hybridized carbons (Fsp3) is 0.333. The van der Waals surface area contributed by atoms with Crippen molar-refractivity contribution in [3.05, 3.63) is 23.3 Å². The average molecular weight is 268 g/mol. The van der Waals surface area contributed by atoms with Crippen LogP contribution in [0.25, 0.3) is 0 Å². The SMILES string of the molecule is COC(=O)c1nc(F)cc(OC(F)(F)F)c1CN. The van der Waals surface area contributed by atoms with Crippen LogP contribution >= 0.6 is 0 Å². The number of carbonyl (C=O) groups excluding carboxylic acids is 1. The Morgan fingerprint density at radius 1 is 1.50 bits per heavy atom. The lowest BCUT2D eigenvalue weighted by Gasteiger charge is -2.14. The monoisotopic (exact) mass is 268 g/mol. The minimum atomic E-state index is -5.04. The van der Waals surface area contributed by atoms with Gasteiger partial charge in [-0.1, -0.05) is 0 Å². The number of pyridine rings is 1. The van der Waals surface area contributed by atoms with Crippen molar-refractivity contribution in [2.45, 2.75) is 12.9 Å². The summed E-state index contributed by atoms with van der Waals surface area (Å²) in [5.41, 5.74) is 4.15. The smallest absolute Gasteiger partial charge is 0.464 e. The van der Waals surface area contributed by atoms with Crippen molar-refractivity contribution in [1.82, 2.24) is 4.98 Å². The number of nitrogens with two attached hydrogens (primary N) is 1. The Morgan fingerprint density at radius 2 is 2.11 bits per heavy atom. The largest absolute Gasteiger partial charge is 0.573 e. The maximum atomic E-state index is 13.0. The first-order valence-corrected chi connectivity index (χ1v) is 4.52. The van der Waals surface area contributed by atoms with Gasteiger partial charge in [-0.05, 0) is 0 Å². The maximum Gasteiger partial charge on any atom is 0.573 e. The summed E-state index contributed by atoms with van der Waals surface area (Å²) in [5, 5.41) is 0. The number of halogens is 4. The Morgan fingerprint density at radius 3 is 2.56 bits per heavy atom. The summed E-state index contributed by atoms with van der Waals surface area (Å²) in [6.45, 7) is -0.497. The van der Waals surface area contributed by atoms with Crippen molar-refractivity contribution in [2.75, 3.05) is 7.11 Å². The lowest BCUT2D eigenvalue weighted by Crippen LogP contribution is -2.21. The Bertz CT molecular complexity index is 462. The van der Waals surface area contributed by atoms with E-state index in [9.17, 15) is 22.4 Å². The quantitative estimate of drug-likeness (QED) is 0.509. The average Bonchev–Trinajstić information content (AvgIpc) is 2.25. The van der Waals surface area contributed by atoms with Gasteiger partial charge in [0, 0.05) is 18.2 Å². The van der Waals surface area contributed by atoms with Gasteiger partial charge in [-0.25, -0.2) is 9.78 Å². The first-order valence-electron chi connectivity index (χ1n) is 4.52. The summed E-state index contributed by atoms with van der Waals surface area (Å²) < 4.78 is 57.1. The summed E-state index contributed by atoms with van der Waals surface area (Å²) in [6.07, 6.45) is -5.04. The Kier molecular flexibility index (Phi) is 4.07. The number of methoxy groups -OCH3 is 1. The molecule has 0 amide bonds. The molecule has 1 heterocycles. The number of rotatable bonds is 3. The molecule has 0 unspecified atom stereocenters. The summed E-state index contributed by atoms with van der Waals surface area (Å²) in [7, 11) is 0.972. The van der Waals surface area contributed by atoms with E-state index in [4.69, 9.17) is 5.73 Å². The summed E-state index contributed by atoms with van der Waals surface area (Å²) >= 11 is 0. The molecular weight excluding hydrogens is 260 g/mol. The molecule has 0 aliphatic rings. The minimum absolute atomic E-state index is 0.388. The van der Waals surface area contributed by atoms with Crippen LogP contribution in [0.1, 0.15) is 16.1 Å². The van der Waals surface area contributed by atoms with Crippen molar-refractivity contribution in [3.8, 4) is 5.75 Å². The van der Waals surface area contributed by atoms with Gasteiger partial charge in [0.05, 0.1) is 7.11 Å². The molecule has 0 aliphatic carbocycles. The highest BCUT2D eigenvalue weighted by Crippen LogP contribution is 2.28. The fourth-order valence-corrected chi connectivity index (χ4v) is 1.20. The predicted molar refractivity (Wildman–Crippen MR) is 50.1 cm³/mol. The van der Waals surface area contributed by atoms with E-state index >= 15 is 0 Å². The molecule has 0 atom stereocenters. The normalized spacial score (nSPS) is 11.2. The van der Waals surface area contributed by atoms with Crippen LogP contribution in [0.2, 0.25) is 0 Å². The molecule has 0 spiro atoms. The minimum Gasteiger partial charge on any atom is -0.464 e. The highest BCUT2D eigenvalue weighted by atomic mass is 19.4. The number of carbonyl (C=O) groups is 1. The molecular formula is C9H8F4N2O3. The van der Waals surface area contributed by atoms with Crippen molar-refractivity contribution in [2.24, 2.45) is 5.73 Å². The molecule has 0 fully saturated rings. The Balaban J connectivity index is 3.33. The third kappa shape index (κ3) is 3.29. The van der Waals surface area contributed by atoms with E-state index in [1.807, 2.05) is 0 Å². The van der Waals surface area contributed by atoms with E-state index in [-0.39, 0.29) is 5.56 Å². The summed E-state index contributed by atoms with van der Waals surface area (Å²) in [4.78, 5) is 14.4. The van der Waals surface area contributed by atoms with E-state index in [1.165, 1.54) is 0 Å². The first kappa shape index (κ1) is 14.2. The van der Waals surface area contributed by atoms with Gasteiger partial charge < -0.3 is 15.2 Å². The molecule has 0 aromatic carbocycles. The molecule has 5 nitrogen and oxygen atoms in total. The first-order chi connectivity index (χ1) is 8.28. The summed E-state index contributed by atoms with van der Waals surface area (Å²) in [5.74, 6) is -3.34. The van der Waals surface area contributed by atoms with Crippen LogP contribution in [0.3, 0.4) is 0 Å². The van der Waals surface area contributed by atoms with E-state index in [0.29, 0.717) is 6.07 Å². The molecule has 0 saturated carbocycles. The lowest BCUT2D eigenvalue weighted by molar-refractivity contribution is -0.275. The number of hydrogen-bond donors (Lipinski definition) is 1. The Labute approximate surface area is 98.5 Å². The zero-order valence-corrected chi connectivity index (χ0v) is 9.05. The highest BCUT2D eigenvalue weighted by Gasteiger charge is 2.33. The van der Waals surface area contributed by atoms with Crippen molar-refractivity contribution < 1.29 is 31.8 Å². The topological polar surface area (TPSA) is 74.4 Å². The zero-order chi connectivity index (χ0) is 13.9. The van der Waals surface area contributed by atoms with Crippen LogP contribution in [0, 0.1) is 5.95 Å². The van der Waals surface area contributed by atoms with Gasteiger partial charge in [0.15, 0.2) is 5.69 Å². The van der Waals surface area contributed by atoms with Crippen molar-refractivity contribution >= 4 is 5.97 Å². The zero-order valence-electron chi connectivity index (χ0n) is 9.05. The van der Waals surface area contributed by atoms with Gasteiger partial charge >= 0.3 is 12.3 Å². The molecule has 0 bridgehead atoms. The third-order valence-corrected chi connectivity index (χ3v) is 1.86. The second-order valence-corrected chi connectivity index (χ2v) is 3.01. The number of esters is 1. The van der Waals surface area contributed by atoms with Crippen LogP contribution < -0.4 is 10.5 Å². The van der Waals surface area contributed by atoms with Gasteiger partial charge in [0.25, 0.3) is 0 Å². The standard InChI is InChI=1S/C9H8F4N2O3/c1-17-8(16)7-4(3-14)5(2-6(10)15-7)18-9(11,12)13/h2H,3,14H2,1H3. The van der Waals surface area contributed by atoms with E-state index in [2.05, 4.69) is 14.5 Å². The molecule has 9 heteroatoms. The summed E-state index contributed by atoms with van der Waals surface area (Å²) in [6, 6.07) is 0.391. The van der Waals surface area contributed by atoms with Crippen LogP contribution in [0.4, 0.5) is 17.6 Å². The number of hydrogen-bond acceptors (Lipinski definition) is 5. The van der Waals surface area contributed by atoms with Crippen LogP contribution in [-0.4, -0.2) is 24.4 Å². The Hall–Kier alpha value is -1.90. The maximum absolute atomic E-state index is 13.0. The molecule has 1 aromatic heterocycles. The second-order valence-electron chi connectivity index (χ2n) is 3.01. The lowest BCUT2D eigenvalue weighted by atomic mass is 10.1. The van der Waals surface area contributed by atoms with Gasteiger partial charge in [-0.2, -0.15) is 4.39 Å². The number of nitrogens with zero attached hydrogens (tertiary/aromatic N) is 1. The molecule has 1 rings (SSSR count). The van der Waals surface area contributed by atoms with E-state index in [1.54, 1.807) is 0 Å². The number of ether oxygens (including phenoxy) is 2. The molecule has 0 saturated heterocycles. The van der Waals surface area contributed by atoms with Gasteiger partial charge in [-0.3, -0.25) is 0 Å². The van der Waals surface area contributed by atoms with Crippen LogP contribution in [0.5, 0.6) is 5.75 Å². The van der Waals surface area contributed by atoms with E-state index < -0.39 is 36.3 Å². The number of alkyl halides is 3. The molecule has 0 radical (unpaired) electrons. The predicted octanol–water partition coefficient (Wildman–Crippen LogP) is 1.36. The molecule has 18 heavy (non-hydrogen) atoms. The van der Waals surface area contributed by atoms with Gasteiger partial charge in [0.1, 0.15) is 5.75 Å². The molecule has 1 aromatic rings. The molecule has 0 aliphatic heterocycles. The van der Waals surface area contributed by atoms with Crippen molar-refractivity contribution in [1.29, 1.82) is 0 Å². The third-order valence-electron chi connectivity index (χ3n) is 1.86. The molecule has 2 N–H and O–H groups in total.